The zero-order chi connectivity index (χ0) is 19.2. The highest BCUT2D eigenvalue weighted by molar-refractivity contribution is 5.92. The van der Waals surface area contributed by atoms with Crippen molar-refractivity contribution in [3.63, 3.8) is 0 Å². The first-order chi connectivity index (χ1) is 13.0. The Hall–Kier alpha value is -2.37. The minimum absolute atomic E-state index is 0.106. The second kappa shape index (κ2) is 9.02. The van der Waals surface area contributed by atoms with Gasteiger partial charge >= 0.3 is 0 Å². The summed E-state index contributed by atoms with van der Waals surface area (Å²) in [6.45, 7) is 2.46. The van der Waals surface area contributed by atoms with Crippen molar-refractivity contribution in [3.05, 3.63) is 47.0 Å². The van der Waals surface area contributed by atoms with E-state index in [9.17, 15) is 9.18 Å². The Morgan fingerprint density at radius 3 is 2.81 bits per heavy atom. The molecule has 1 heterocycles. The van der Waals surface area contributed by atoms with E-state index in [1.807, 2.05) is 6.92 Å². The number of carbonyl (C=O) groups is 1. The van der Waals surface area contributed by atoms with Crippen LogP contribution < -0.4 is 10.1 Å². The van der Waals surface area contributed by atoms with Crippen LogP contribution in [0.4, 0.5) is 4.39 Å². The number of aryl methyl sites for hydroxylation is 2. The van der Waals surface area contributed by atoms with E-state index in [1.54, 1.807) is 31.3 Å². The summed E-state index contributed by atoms with van der Waals surface area (Å²) in [6, 6.07) is 6.77. The average molecular weight is 373 g/mol. The lowest BCUT2D eigenvalue weighted by Crippen LogP contribution is -2.25. The Kier molecular flexibility index (Phi) is 6.48. The summed E-state index contributed by atoms with van der Waals surface area (Å²) >= 11 is 0. The normalized spacial score (nSPS) is 14.9. The molecule has 1 N–H and O–H groups in total. The summed E-state index contributed by atoms with van der Waals surface area (Å²) in [5.41, 5.74) is 1.63. The molecule has 5 nitrogen and oxygen atoms in total. The predicted octanol–water partition coefficient (Wildman–Crippen LogP) is 4.15. The van der Waals surface area contributed by atoms with Gasteiger partial charge in [-0.15, -0.1) is 0 Å². The SMILES string of the molecule is Cc1cc(C(=O)NCc2cccc(OCCC3CCCCC3)c2F)n(C)n1. The molecule has 3 rings (SSSR count). The van der Waals surface area contributed by atoms with Crippen LogP contribution in [0.5, 0.6) is 5.75 Å². The van der Waals surface area contributed by atoms with Gasteiger partial charge in [-0.05, 0) is 31.4 Å². The van der Waals surface area contributed by atoms with Crippen LogP contribution in [0, 0.1) is 18.7 Å². The van der Waals surface area contributed by atoms with Crippen molar-refractivity contribution >= 4 is 5.91 Å². The monoisotopic (exact) mass is 373 g/mol. The minimum Gasteiger partial charge on any atom is -0.490 e. The molecular formula is C21H28FN3O2. The smallest absolute Gasteiger partial charge is 0.269 e. The first kappa shape index (κ1) is 19.4. The van der Waals surface area contributed by atoms with E-state index in [2.05, 4.69) is 10.4 Å². The molecular weight excluding hydrogens is 345 g/mol. The molecule has 0 unspecified atom stereocenters. The number of amides is 1. The number of nitrogens with zero attached hydrogens (tertiary/aromatic N) is 2. The van der Waals surface area contributed by atoms with E-state index in [1.165, 1.54) is 36.8 Å². The van der Waals surface area contributed by atoms with Crippen LogP contribution in [-0.2, 0) is 13.6 Å². The van der Waals surface area contributed by atoms with Crippen molar-refractivity contribution in [3.8, 4) is 5.75 Å². The minimum atomic E-state index is -0.400. The molecule has 1 saturated carbocycles. The fourth-order valence-electron chi connectivity index (χ4n) is 3.70. The molecule has 27 heavy (non-hydrogen) atoms. The maximum atomic E-state index is 14.7. The lowest BCUT2D eigenvalue weighted by Gasteiger charge is -2.21. The first-order valence-electron chi connectivity index (χ1n) is 9.73. The lowest BCUT2D eigenvalue weighted by atomic mass is 9.87. The quantitative estimate of drug-likeness (QED) is 0.793. The van der Waals surface area contributed by atoms with Gasteiger partial charge in [0.2, 0.25) is 0 Å². The molecule has 0 spiro atoms. The van der Waals surface area contributed by atoms with E-state index in [4.69, 9.17) is 4.74 Å². The van der Waals surface area contributed by atoms with Gasteiger partial charge in [-0.2, -0.15) is 5.10 Å². The number of rotatable bonds is 7. The number of nitrogens with one attached hydrogen (secondary N) is 1. The van der Waals surface area contributed by atoms with Gasteiger partial charge in [-0.3, -0.25) is 9.48 Å². The third-order valence-corrected chi connectivity index (χ3v) is 5.23. The Bertz CT molecular complexity index is 782. The predicted molar refractivity (Wildman–Crippen MR) is 102 cm³/mol. The number of hydrogen-bond donors (Lipinski definition) is 1. The van der Waals surface area contributed by atoms with Gasteiger partial charge in [0, 0.05) is 19.2 Å². The molecule has 0 atom stereocenters. The highest BCUT2D eigenvalue weighted by atomic mass is 19.1. The van der Waals surface area contributed by atoms with Gasteiger partial charge in [0.25, 0.3) is 5.91 Å². The van der Waals surface area contributed by atoms with Crippen LogP contribution in [0.15, 0.2) is 24.3 Å². The molecule has 2 aromatic rings. The highest BCUT2D eigenvalue weighted by Gasteiger charge is 2.16. The molecule has 1 aliphatic carbocycles. The van der Waals surface area contributed by atoms with Crippen LogP contribution in [0.1, 0.15) is 60.3 Å². The second-order valence-corrected chi connectivity index (χ2v) is 7.35. The summed E-state index contributed by atoms with van der Waals surface area (Å²) in [5.74, 6) is 0.282. The van der Waals surface area contributed by atoms with Crippen molar-refractivity contribution in [1.82, 2.24) is 15.1 Å². The van der Waals surface area contributed by atoms with Crippen LogP contribution in [0.3, 0.4) is 0 Å². The van der Waals surface area contributed by atoms with Crippen molar-refractivity contribution in [2.45, 2.75) is 52.0 Å². The third-order valence-electron chi connectivity index (χ3n) is 5.23. The highest BCUT2D eigenvalue weighted by Crippen LogP contribution is 2.27. The third kappa shape index (κ3) is 5.08. The van der Waals surface area contributed by atoms with E-state index in [0.717, 1.165) is 12.1 Å². The van der Waals surface area contributed by atoms with Crippen LogP contribution in [-0.4, -0.2) is 22.3 Å². The number of ether oxygens (including phenoxy) is 1. The van der Waals surface area contributed by atoms with E-state index in [0.29, 0.717) is 23.8 Å². The molecule has 1 aromatic heterocycles. The number of halogens is 1. The molecule has 146 valence electrons. The summed E-state index contributed by atoms with van der Waals surface area (Å²) in [5, 5.41) is 6.90. The van der Waals surface area contributed by atoms with E-state index < -0.39 is 5.82 Å². The Morgan fingerprint density at radius 2 is 2.11 bits per heavy atom. The molecule has 0 bridgehead atoms. The van der Waals surface area contributed by atoms with Gasteiger partial charge < -0.3 is 10.1 Å². The average Bonchev–Trinajstić information content (AvgIpc) is 3.01. The topological polar surface area (TPSA) is 56.1 Å². The number of benzene rings is 1. The molecule has 1 fully saturated rings. The second-order valence-electron chi connectivity index (χ2n) is 7.35. The van der Waals surface area contributed by atoms with Crippen molar-refractivity contribution in [1.29, 1.82) is 0 Å². The molecule has 0 radical (unpaired) electrons. The first-order valence-corrected chi connectivity index (χ1v) is 9.73. The van der Waals surface area contributed by atoms with Crippen molar-refractivity contribution in [2.75, 3.05) is 6.61 Å². The maximum absolute atomic E-state index is 14.7. The number of carbonyl (C=O) groups excluding carboxylic acids is 1. The number of hydrogen-bond acceptors (Lipinski definition) is 3. The Labute approximate surface area is 159 Å². The summed E-state index contributed by atoms with van der Waals surface area (Å²) < 4.78 is 21.9. The fourth-order valence-corrected chi connectivity index (χ4v) is 3.70. The molecule has 1 amide bonds. The van der Waals surface area contributed by atoms with Crippen LogP contribution in [0.25, 0.3) is 0 Å². The zero-order valence-corrected chi connectivity index (χ0v) is 16.1. The Morgan fingerprint density at radius 1 is 1.33 bits per heavy atom. The van der Waals surface area contributed by atoms with Crippen LogP contribution in [0.2, 0.25) is 0 Å². The van der Waals surface area contributed by atoms with Crippen molar-refractivity contribution < 1.29 is 13.9 Å². The molecule has 6 heteroatoms. The summed E-state index contributed by atoms with van der Waals surface area (Å²) in [7, 11) is 1.71. The van der Waals surface area contributed by atoms with Gasteiger partial charge in [0.15, 0.2) is 11.6 Å². The standard InChI is InChI=1S/C21H28FN3O2/c1-15-13-18(25(2)24-15)21(26)23-14-17-9-6-10-19(20(17)22)27-12-11-16-7-4-3-5-8-16/h6,9-10,13,16H,3-5,7-8,11-12,14H2,1-2H3,(H,23,26). The number of aromatic nitrogens is 2. The maximum Gasteiger partial charge on any atom is 0.269 e. The summed E-state index contributed by atoms with van der Waals surface area (Å²) in [4.78, 5) is 12.3. The molecule has 0 aliphatic heterocycles. The van der Waals surface area contributed by atoms with E-state index in [-0.39, 0.29) is 18.2 Å². The van der Waals surface area contributed by atoms with Gasteiger partial charge in [-0.25, -0.2) is 4.39 Å². The molecule has 1 aliphatic rings. The van der Waals surface area contributed by atoms with Crippen molar-refractivity contribution in [2.24, 2.45) is 13.0 Å². The Balaban J connectivity index is 1.54. The summed E-state index contributed by atoms with van der Waals surface area (Å²) in [6.07, 6.45) is 7.41. The molecule has 1 aromatic carbocycles. The van der Waals surface area contributed by atoms with E-state index >= 15 is 0 Å². The van der Waals surface area contributed by atoms with Gasteiger partial charge in [0.05, 0.1) is 12.3 Å². The van der Waals surface area contributed by atoms with Gasteiger partial charge in [0.1, 0.15) is 5.69 Å². The van der Waals surface area contributed by atoms with Crippen LogP contribution >= 0.6 is 0 Å². The van der Waals surface area contributed by atoms with Gasteiger partial charge in [-0.1, -0.05) is 44.2 Å². The fraction of sp³-hybridized carbons (Fsp3) is 0.524. The zero-order valence-electron chi connectivity index (χ0n) is 16.1. The molecule has 0 saturated heterocycles. The largest absolute Gasteiger partial charge is 0.490 e. The lowest BCUT2D eigenvalue weighted by molar-refractivity contribution is 0.0941.